The van der Waals surface area contributed by atoms with Crippen LogP contribution in [0, 0.1) is 0 Å². The van der Waals surface area contributed by atoms with Crippen LogP contribution in [0.1, 0.15) is 6.42 Å². The van der Waals surface area contributed by atoms with Gasteiger partial charge in [-0.2, -0.15) is 0 Å². The van der Waals surface area contributed by atoms with Crippen molar-refractivity contribution >= 4 is 29.3 Å². The second kappa shape index (κ2) is 7.17. The van der Waals surface area contributed by atoms with Crippen molar-refractivity contribution < 1.29 is 14.7 Å². The van der Waals surface area contributed by atoms with Gasteiger partial charge in [0.25, 0.3) is 0 Å². The van der Waals surface area contributed by atoms with Crippen LogP contribution in [0.15, 0.2) is 24.3 Å². The number of hydrogen-bond acceptors (Lipinski definition) is 3. The Bertz CT molecular complexity index is 499. The predicted octanol–water partition coefficient (Wildman–Crippen LogP) is 1.65. The standard InChI is InChI=1S/C14H18ClN3O3/c15-11-1-3-12(4-2-11)17-7-9-18(10-8-17)14(21)16-6-5-13(19)20/h1-4H,5-10H2,(H,16,21)(H,19,20). The molecule has 1 fully saturated rings. The Morgan fingerprint density at radius 1 is 1.14 bits per heavy atom. The Hall–Kier alpha value is -1.95. The van der Waals surface area contributed by atoms with E-state index in [-0.39, 0.29) is 19.0 Å². The van der Waals surface area contributed by atoms with Gasteiger partial charge in [-0.05, 0) is 24.3 Å². The normalized spacial score (nSPS) is 14.9. The molecule has 0 saturated carbocycles. The third kappa shape index (κ3) is 4.53. The lowest BCUT2D eigenvalue weighted by Gasteiger charge is -2.36. The van der Waals surface area contributed by atoms with E-state index in [1.807, 2.05) is 24.3 Å². The lowest BCUT2D eigenvalue weighted by molar-refractivity contribution is -0.136. The highest BCUT2D eigenvalue weighted by molar-refractivity contribution is 6.30. The number of amides is 2. The number of carbonyl (C=O) groups is 2. The fourth-order valence-electron chi connectivity index (χ4n) is 2.21. The molecular weight excluding hydrogens is 294 g/mol. The van der Waals surface area contributed by atoms with Gasteiger partial charge < -0.3 is 20.2 Å². The third-order valence-electron chi connectivity index (χ3n) is 3.37. The molecule has 0 atom stereocenters. The van der Waals surface area contributed by atoms with E-state index in [0.717, 1.165) is 18.8 Å². The first-order valence-electron chi connectivity index (χ1n) is 6.81. The zero-order chi connectivity index (χ0) is 15.2. The first-order chi connectivity index (χ1) is 10.1. The Morgan fingerprint density at radius 2 is 1.76 bits per heavy atom. The lowest BCUT2D eigenvalue weighted by atomic mass is 10.2. The summed E-state index contributed by atoms with van der Waals surface area (Å²) in [6, 6.07) is 7.42. The minimum atomic E-state index is -0.914. The van der Waals surface area contributed by atoms with Gasteiger partial charge in [0.2, 0.25) is 0 Å². The van der Waals surface area contributed by atoms with Crippen LogP contribution < -0.4 is 10.2 Å². The molecular formula is C14H18ClN3O3. The molecule has 1 aromatic carbocycles. The molecule has 1 saturated heterocycles. The smallest absolute Gasteiger partial charge is 0.317 e. The zero-order valence-corrected chi connectivity index (χ0v) is 12.3. The Labute approximate surface area is 128 Å². The summed E-state index contributed by atoms with van der Waals surface area (Å²) in [5.41, 5.74) is 1.09. The number of rotatable bonds is 4. The molecule has 0 unspecified atom stereocenters. The number of carboxylic acid groups (broad SMARTS) is 1. The van der Waals surface area contributed by atoms with Crippen LogP contribution in [0.25, 0.3) is 0 Å². The highest BCUT2D eigenvalue weighted by Crippen LogP contribution is 2.19. The summed E-state index contributed by atoms with van der Waals surface area (Å²) in [5, 5.41) is 11.9. The average molecular weight is 312 g/mol. The van der Waals surface area contributed by atoms with Gasteiger partial charge in [0.05, 0.1) is 6.42 Å². The molecule has 0 radical (unpaired) electrons. The number of anilines is 1. The van der Waals surface area contributed by atoms with Crippen molar-refractivity contribution in [2.45, 2.75) is 6.42 Å². The van der Waals surface area contributed by atoms with Crippen LogP contribution in [0.3, 0.4) is 0 Å². The van der Waals surface area contributed by atoms with E-state index in [9.17, 15) is 9.59 Å². The van der Waals surface area contributed by atoms with Gasteiger partial charge in [0, 0.05) is 43.4 Å². The van der Waals surface area contributed by atoms with Crippen LogP contribution in [0.5, 0.6) is 0 Å². The van der Waals surface area contributed by atoms with Gasteiger partial charge in [0.1, 0.15) is 0 Å². The number of carboxylic acids is 1. The SMILES string of the molecule is O=C(O)CCNC(=O)N1CCN(c2ccc(Cl)cc2)CC1. The molecule has 2 rings (SSSR count). The first-order valence-corrected chi connectivity index (χ1v) is 7.19. The molecule has 2 amide bonds. The van der Waals surface area contributed by atoms with Crippen molar-refractivity contribution in [3.63, 3.8) is 0 Å². The monoisotopic (exact) mass is 311 g/mol. The summed E-state index contributed by atoms with van der Waals surface area (Å²) in [5.74, 6) is -0.914. The largest absolute Gasteiger partial charge is 0.481 e. The number of piperazine rings is 1. The predicted molar refractivity (Wildman–Crippen MR) is 80.9 cm³/mol. The van der Waals surface area contributed by atoms with Gasteiger partial charge in [-0.25, -0.2) is 4.79 Å². The van der Waals surface area contributed by atoms with Crippen LogP contribution >= 0.6 is 11.6 Å². The van der Waals surface area contributed by atoms with Gasteiger partial charge in [-0.3, -0.25) is 4.79 Å². The van der Waals surface area contributed by atoms with Crippen molar-refractivity contribution in [2.24, 2.45) is 0 Å². The molecule has 2 N–H and O–H groups in total. The molecule has 1 aromatic rings. The van der Waals surface area contributed by atoms with Gasteiger partial charge in [-0.1, -0.05) is 11.6 Å². The molecule has 6 nitrogen and oxygen atoms in total. The lowest BCUT2D eigenvalue weighted by Crippen LogP contribution is -2.52. The summed E-state index contributed by atoms with van der Waals surface area (Å²) < 4.78 is 0. The van der Waals surface area contributed by atoms with E-state index < -0.39 is 5.97 Å². The maximum Gasteiger partial charge on any atom is 0.317 e. The number of nitrogens with zero attached hydrogens (tertiary/aromatic N) is 2. The van der Waals surface area contributed by atoms with Gasteiger partial charge >= 0.3 is 12.0 Å². The van der Waals surface area contributed by atoms with E-state index in [4.69, 9.17) is 16.7 Å². The molecule has 0 aliphatic carbocycles. The molecule has 0 spiro atoms. The molecule has 0 aromatic heterocycles. The van der Waals surface area contributed by atoms with Crippen molar-refractivity contribution in [1.29, 1.82) is 0 Å². The Morgan fingerprint density at radius 3 is 2.33 bits per heavy atom. The summed E-state index contributed by atoms with van der Waals surface area (Å²) >= 11 is 5.86. The molecule has 21 heavy (non-hydrogen) atoms. The fraction of sp³-hybridized carbons (Fsp3) is 0.429. The van der Waals surface area contributed by atoms with E-state index in [1.54, 1.807) is 4.90 Å². The first kappa shape index (κ1) is 15.4. The molecule has 1 aliphatic heterocycles. The van der Waals surface area contributed by atoms with Crippen LogP contribution in [0.2, 0.25) is 5.02 Å². The van der Waals surface area contributed by atoms with E-state index in [2.05, 4.69) is 10.2 Å². The number of aliphatic carboxylic acids is 1. The molecule has 7 heteroatoms. The summed E-state index contributed by atoms with van der Waals surface area (Å²) in [7, 11) is 0. The zero-order valence-electron chi connectivity index (χ0n) is 11.6. The quantitative estimate of drug-likeness (QED) is 0.887. The van der Waals surface area contributed by atoms with Crippen molar-refractivity contribution in [3.05, 3.63) is 29.3 Å². The van der Waals surface area contributed by atoms with E-state index in [1.165, 1.54) is 0 Å². The number of benzene rings is 1. The van der Waals surface area contributed by atoms with Crippen LogP contribution in [-0.2, 0) is 4.79 Å². The molecule has 0 bridgehead atoms. The van der Waals surface area contributed by atoms with Crippen LogP contribution in [-0.4, -0.2) is 54.7 Å². The maximum atomic E-state index is 11.9. The molecule has 1 heterocycles. The van der Waals surface area contributed by atoms with E-state index >= 15 is 0 Å². The number of carbonyl (C=O) groups excluding carboxylic acids is 1. The number of halogens is 1. The van der Waals surface area contributed by atoms with Crippen molar-refractivity contribution in [2.75, 3.05) is 37.6 Å². The minimum Gasteiger partial charge on any atom is -0.481 e. The topological polar surface area (TPSA) is 72.9 Å². The second-order valence-corrected chi connectivity index (χ2v) is 5.26. The summed E-state index contributed by atoms with van der Waals surface area (Å²) in [6.45, 7) is 2.87. The summed E-state index contributed by atoms with van der Waals surface area (Å²) in [6.07, 6.45) is -0.0590. The van der Waals surface area contributed by atoms with E-state index in [0.29, 0.717) is 18.1 Å². The highest BCUT2D eigenvalue weighted by atomic mass is 35.5. The van der Waals surface area contributed by atoms with Crippen molar-refractivity contribution in [3.8, 4) is 0 Å². The fourth-order valence-corrected chi connectivity index (χ4v) is 2.33. The van der Waals surface area contributed by atoms with Crippen LogP contribution in [0.4, 0.5) is 10.5 Å². The average Bonchev–Trinajstić information content (AvgIpc) is 2.48. The molecule has 1 aliphatic rings. The van der Waals surface area contributed by atoms with Gasteiger partial charge in [-0.15, -0.1) is 0 Å². The summed E-state index contributed by atoms with van der Waals surface area (Å²) in [4.78, 5) is 26.1. The number of hydrogen-bond donors (Lipinski definition) is 2. The number of urea groups is 1. The molecule has 114 valence electrons. The Balaban J connectivity index is 1.78. The highest BCUT2D eigenvalue weighted by Gasteiger charge is 2.21. The second-order valence-electron chi connectivity index (χ2n) is 4.83. The Kier molecular flexibility index (Phi) is 5.27. The maximum absolute atomic E-state index is 11.9. The van der Waals surface area contributed by atoms with Crippen molar-refractivity contribution in [1.82, 2.24) is 10.2 Å². The third-order valence-corrected chi connectivity index (χ3v) is 3.63. The minimum absolute atomic E-state index is 0.0590. The number of nitrogens with one attached hydrogen (secondary N) is 1. The van der Waals surface area contributed by atoms with Gasteiger partial charge in [0.15, 0.2) is 0 Å².